The molecule has 0 spiro atoms. The number of amides is 1. The van der Waals surface area contributed by atoms with E-state index in [2.05, 4.69) is 46.9 Å². The lowest BCUT2D eigenvalue weighted by atomic mass is 10.0. The Labute approximate surface area is 179 Å². The third-order valence-corrected chi connectivity index (χ3v) is 6.05. The number of aryl methyl sites for hydroxylation is 2. The molecule has 28 heavy (non-hydrogen) atoms. The maximum atomic E-state index is 12.4. The van der Waals surface area contributed by atoms with Crippen molar-refractivity contribution in [2.45, 2.75) is 31.8 Å². The van der Waals surface area contributed by atoms with Crippen molar-refractivity contribution in [3.05, 3.63) is 70.0 Å². The van der Waals surface area contributed by atoms with Gasteiger partial charge in [-0.25, -0.2) is 4.98 Å². The highest BCUT2D eigenvalue weighted by Gasteiger charge is 2.14. The standard InChI is InChI=1S/C21H21Cl2N3OS/c1-3-14-6-5-7-15(4-2)20(14)26-11-10-24-21(26)28-13-19(27)25-16-8-9-17(22)18(23)12-16/h5-12H,3-4,13H2,1-2H3,(H,25,27). The van der Waals surface area contributed by atoms with Crippen LogP contribution in [0, 0.1) is 0 Å². The first-order valence-electron chi connectivity index (χ1n) is 9.05. The monoisotopic (exact) mass is 433 g/mol. The fourth-order valence-electron chi connectivity index (χ4n) is 2.99. The summed E-state index contributed by atoms with van der Waals surface area (Å²) >= 11 is 13.3. The maximum absolute atomic E-state index is 12.4. The van der Waals surface area contributed by atoms with Crippen LogP contribution in [-0.4, -0.2) is 21.2 Å². The second-order valence-corrected chi connectivity index (χ2v) is 7.93. The van der Waals surface area contributed by atoms with E-state index in [-0.39, 0.29) is 11.7 Å². The molecule has 0 unspecified atom stereocenters. The van der Waals surface area contributed by atoms with Gasteiger partial charge in [0.2, 0.25) is 5.91 Å². The van der Waals surface area contributed by atoms with Crippen LogP contribution in [0.4, 0.5) is 5.69 Å². The summed E-state index contributed by atoms with van der Waals surface area (Å²) in [5.41, 5.74) is 4.31. The van der Waals surface area contributed by atoms with Crippen LogP contribution >= 0.6 is 35.0 Å². The van der Waals surface area contributed by atoms with Crippen molar-refractivity contribution in [1.82, 2.24) is 9.55 Å². The first-order valence-corrected chi connectivity index (χ1v) is 10.8. The van der Waals surface area contributed by atoms with Crippen LogP contribution in [0.15, 0.2) is 53.9 Å². The van der Waals surface area contributed by atoms with Crippen molar-refractivity contribution in [1.29, 1.82) is 0 Å². The van der Waals surface area contributed by atoms with Crippen LogP contribution in [0.5, 0.6) is 0 Å². The number of carbonyl (C=O) groups is 1. The van der Waals surface area contributed by atoms with Gasteiger partial charge in [0, 0.05) is 18.1 Å². The van der Waals surface area contributed by atoms with Crippen LogP contribution in [0.3, 0.4) is 0 Å². The number of para-hydroxylation sites is 1. The fourth-order valence-corrected chi connectivity index (χ4v) is 4.05. The summed E-state index contributed by atoms with van der Waals surface area (Å²) in [6.07, 6.45) is 5.59. The van der Waals surface area contributed by atoms with Crippen molar-refractivity contribution < 1.29 is 4.79 Å². The van der Waals surface area contributed by atoms with E-state index in [1.807, 2.05) is 6.20 Å². The lowest BCUT2D eigenvalue weighted by Gasteiger charge is -2.16. The Kier molecular flexibility index (Phi) is 7.05. The molecule has 1 amide bonds. The number of nitrogens with zero attached hydrogens (tertiary/aromatic N) is 2. The van der Waals surface area contributed by atoms with Crippen LogP contribution in [0.1, 0.15) is 25.0 Å². The van der Waals surface area contributed by atoms with Crippen LogP contribution < -0.4 is 5.32 Å². The molecule has 0 saturated heterocycles. The number of carbonyl (C=O) groups excluding carboxylic acids is 1. The second kappa shape index (κ2) is 9.50. The minimum absolute atomic E-state index is 0.127. The molecule has 0 bridgehead atoms. The molecule has 0 aliphatic carbocycles. The average molecular weight is 434 g/mol. The van der Waals surface area contributed by atoms with Crippen LogP contribution in [0.25, 0.3) is 5.69 Å². The molecule has 0 fully saturated rings. The Balaban J connectivity index is 1.75. The van der Waals surface area contributed by atoms with Crippen molar-refractivity contribution in [3.8, 4) is 5.69 Å². The van der Waals surface area contributed by atoms with E-state index >= 15 is 0 Å². The average Bonchev–Trinajstić information content (AvgIpc) is 3.16. The number of rotatable bonds is 7. The van der Waals surface area contributed by atoms with Crippen LogP contribution in [0.2, 0.25) is 10.0 Å². The van der Waals surface area contributed by atoms with Gasteiger partial charge in [-0.05, 0) is 42.2 Å². The largest absolute Gasteiger partial charge is 0.325 e. The zero-order valence-electron chi connectivity index (χ0n) is 15.7. The molecule has 1 heterocycles. The number of aromatic nitrogens is 2. The zero-order valence-corrected chi connectivity index (χ0v) is 18.0. The Morgan fingerprint density at radius 2 is 1.82 bits per heavy atom. The predicted molar refractivity (Wildman–Crippen MR) is 118 cm³/mol. The second-order valence-electron chi connectivity index (χ2n) is 6.18. The quantitative estimate of drug-likeness (QED) is 0.462. The summed E-state index contributed by atoms with van der Waals surface area (Å²) in [6, 6.07) is 11.4. The van der Waals surface area contributed by atoms with Crippen LogP contribution in [-0.2, 0) is 17.6 Å². The highest BCUT2D eigenvalue weighted by molar-refractivity contribution is 7.99. The van der Waals surface area contributed by atoms with Crippen molar-refractivity contribution >= 4 is 46.6 Å². The molecule has 0 aliphatic rings. The smallest absolute Gasteiger partial charge is 0.234 e. The summed E-state index contributed by atoms with van der Waals surface area (Å²) in [6.45, 7) is 4.29. The minimum atomic E-state index is -0.127. The maximum Gasteiger partial charge on any atom is 0.234 e. The van der Waals surface area contributed by atoms with Gasteiger partial charge in [-0.3, -0.25) is 9.36 Å². The molecule has 0 radical (unpaired) electrons. The molecule has 146 valence electrons. The highest BCUT2D eigenvalue weighted by Crippen LogP contribution is 2.28. The number of nitrogens with one attached hydrogen (secondary N) is 1. The van der Waals surface area contributed by atoms with Gasteiger partial charge in [-0.15, -0.1) is 0 Å². The fraction of sp³-hybridized carbons (Fsp3) is 0.238. The highest BCUT2D eigenvalue weighted by atomic mass is 35.5. The Bertz CT molecular complexity index is 965. The summed E-state index contributed by atoms with van der Waals surface area (Å²) in [5, 5.41) is 4.49. The number of hydrogen-bond acceptors (Lipinski definition) is 3. The molecule has 0 atom stereocenters. The van der Waals surface area contributed by atoms with E-state index < -0.39 is 0 Å². The molecule has 3 rings (SSSR count). The van der Waals surface area contributed by atoms with Gasteiger partial charge < -0.3 is 5.32 Å². The van der Waals surface area contributed by atoms with Gasteiger partial charge in [-0.1, -0.05) is 67.0 Å². The van der Waals surface area contributed by atoms with E-state index in [1.165, 1.54) is 22.9 Å². The number of thioether (sulfide) groups is 1. The molecule has 4 nitrogen and oxygen atoms in total. The summed E-state index contributed by atoms with van der Waals surface area (Å²) in [7, 11) is 0. The minimum Gasteiger partial charge on any atom is -0.325 e. The number of imidazole rings is 1. The first-order chi connectivity index (χ1) is 13.5. The zero-order chi connectivity index (χ0) is 20.1. The summed E-state index contributed by atoms with van der Waals surface area (Å²) in [4.78, 5) is 16.8. The molecular weight excluding hydrogens is 413 g/mol. The van der Waals surface area contributed by atoms with Crippen molar-refractivity contribution in [2.75, 3.05) is 11.1 Å². The summed E-state index contributed by atoms with van der Waals surface area (Å²) < 4.78 is 2.08. The normalized spacial score (nSPS) is 10.9. The lowest BCUT2D eigenvalue weighted by molar-refractivity contribution is -0.113. The Hall–Kier alpha value is -1.95. The van der Waals surface area contributed by atoms with E-state index in [0.29, 0.717) is 15.7 Å². The molecule has 1 N–H and O–H groups in total. The van der Waals surface area contributed by atoms with Gasteiger partial charge >= 0.3 is 0 Å². The molecule has 2 aromatic carbocycles. The third-order valence-electron chi connectivity index (χ3n) is 4.35. The number of benzene rings is 2. The van der Waals surface area contributed by atoms with Gasteiger partial charge in [-0.2, -0.15) is 0 Å². The van der Waals surface area contributed by atoms with Crippen molar-refractivity contribution in [3.63, 3.8) is 0 Å². The molecule has 3 aromatic rings. The van der Waals surface area contributed by atoms with E-state index in [0.717, 1.165) is 23.7 Å². The molecule has 0 saturated carbocycles. The SMILES string of the molecule is CCc1cccc(CC)c1-n1ccnc1SCC(=O)Nc1ccc(Cl)c(Cl)c1. The predicted octanol–water partition coefficient (Wildman–Crippen LogP) is 6.03. The molecular formula is C21H21Cl2N3OS. The molecule has 1 aromatic heterocycles. The van der Waals surface area contributed by atoms with Crippen molar-refractivity contribution in [2.24, 2.45) is 0 Å². The van der Waals surface area contributed by atoms with E-state index in [4.69, 9.17) is 23.2 Å². The third kappa shape index (κ3) is 4.72. The Morgan fingerprint density at radius 3 is 2.46 bits per heavy atom. The number of anilines is 1. The van der Waals surface area contributed by atoms with E-state index in [1.54, 1.807) is 24.4 Å². The lowest BCUT2D eigenvalue weighted by Crippen LogP contribution is -2.14. The number of hydrogen-bond donors (Lipinski definition) is 1. The Morgan fingerprint density at radius 1 is 1.11 bits per heavy atom. The van der Waals surface area contributed by atoms with Gasteiger partial charge in [0.25, 0.3) is 0 Å². The topological polar surface area (TPSA) is 46.9 Å². The molecule has 0 aliphatic heterocycles. The first kappa shape index (κ1) is 20.8. The van der Waals surface area contributed by atoms with E-state index in [9.17, 15) is 4.79 Å². The molecule has 7 heteroatoms. The summed E-state index contributed by atoms with van der Waals surface area (Å²) in [5.74, 6) is 0.116. The van der Waals surface area contributed by atoms with Gasteiger partial charge in [0.05, 0.1) is 21.5 Å². The van der Waals surface area contributed by atoms with Gasteiger partial charge in [0.1, 0.15) is 0 Å². The van der Waals surface area contributed by atoms with Gasteiger partial charge in [0.15, 0.2) is 5.16 Å². The number of halogens is 2.